The number of carbonyl (C=O) groups excluding carboxylic acids is 2. The lowest BCUT2D eigenvalue weighted by molar-refractivity contribution is -0.150. The molecule has 4 heteroatoms. The maximum atomic E-state index is 11.1. The van der Waals surface area contributed by atoms with Crippen LogP contribution in [0.1, 0.15) is 46.5 Å². The normalized spacial score (nSPS) is 11.9. The Balaban J connectivity index is 3.52. The molecule has 0 rings (SSSR count). The zero-order chi connectivity index (χ0) is 11.7. The first kappa shape index (κ1) is 13.9. The molecule has 15 heavy (non-hydrogen) atoms. The summed E-state index contributed by atoms with van der Waals surface area (Å²) < 4.78 is 9.95. The first-order chi connectivity index (χ1) is 7.10. The van der Waals surface area contributed by atoms with Crippen molar-refractivity contribution in [3.05, 3.63) is 0 Å². The Hall–Kier alpha value is -1.06. The number of carbonyl (C=O) groups is 2. The van der Waals surface area contributed by atoms with Crippen LogP contribution in [0.25, 0.3) is 0 Å². The van der Waals surface area contributed by atoms with Gasteiger partial charge in [-0.15, -0.1) is 0 Å². The van der Waals surface area contributed by atoms with Crippen LogP contribution in [0.5, 0.6) is 0 Å². The first-order valence-corrected chi connectivity index (χ1v) is 5.45. The van der Waals surface area contributed by atoms with Crippen molar-refractivity contribution < 1.29 is 19.1 Å². The molecule has 0 spiro atoms. The molecule has 0 bridgehead atoms. The summed E-state index contributed by atoms with van der Waals surface area (Å²) in [4.78, 5) is 21.9. The summed E-state index contributed by atoms with van der Waals surface area (Å²) in [6.07, 6.45) is 1.98. The van der Waals surface area contributed by atoms with Crippen molar-refractivity contribution in [1.29, 1.82) is 0 Å². The number of hydrogen-bond acceptors (Lipinski definition) is 4. The second-order valence-electron chi connectivity index (χ2n) is 3.41. The molecule has 0 radical (unpaired) electrons. The lowest BCUT2D eigenvalue weighted by atomic mass is 10.3. The fourth-order valence-electron chi connectivity index (χ4n) is 0.987. The largest absolute Gasteiger partial charge is 0.466 e. The van der Waals surface area contributed by atoms with Crippen molar-refractivity contribution in [2.75, 3.05) is 6.61 Å². The maximum Gasteiger partial charge on any atom is 0.306 e. The van der Waals surface area contributed by atoms with Crippen LogP contribution in [-0.2, 0) is 19.1 Å². The molecule has 0 fully saturated rings. The summed E-state index contributed by atoms with van der Waals surface area (Å²) in [5.41, 5.74) is 0. The van der Waals surface area contributed by atoms with Crippen LogP contribution >= 0.6 is 0 Å². The Kier molecular flexibility index (Phi) is 7.68. The van der Waals surface area contributed by atoms with E-state index in [1.54, 1.807) is 13.8 Å². The van der Waals surface area contributed by atoms with Crippen molar-refractivity contribution in [1.82, 2.24) is 0 Å². The van der Waals surface area contributed by atoms with Gasteiger partial charge in [0.05, 0.1) is 6.61 Å². The van der Waals surface area contributed by atoms with Crippen LogP contribution in [0.3, 0.4) is 0 Å². The van der Waals surface area contributed by atoms with Crippen molar-refractivity contribution in [2.45, 2.75) is 52.6 Å². The fraction of sp³-hybridized carbons (Fsp3) is 0.818. The van der Waals surface area contributed by atoms with E-state index in [0.29, 0.717) is 25.9 Å². The van der Waals surface area contributed by atoms with Crippen molar-refractivity contribution in [3.8, 4) is 0 Å². The molecule has 0 saturated heterocycles. The number of ether oxygens (including phenoxy) is 2. The standard InChI is InChI=1S/C11H20O4/c1-4-6-11(13)15-9(3)7-8-14-10(12)5-2/h9H,4-8H2,1-3H3. The van der Waals surface area contributed by atoms with Crippen molar-refractivity contribution in [3.63, 3.8) is 0 Å². The highest BCUT2D eigenvalue weighted by Crippen LogP contribution is 2.02. The Morgan fingerprint density at radius 2 is 1.87 bits per heavy atom. The van der Waals surface area contributed by atoms with E-state index in [4.69, 9.17) is 9.47 Å². The highest BCUT2D eigenvalue weighted by Gasteiger charge is 2.09. The summed E-state index contributed by atoms with van der Waals surface area (Å²) in [5.74, 6) is -0.408. The van der Waals surface area contributed by atoms with E-state index in [9.17, 15) is 9.59 Å². The van der Waals surface area contributed by atoms with Gasteiger partial charge in [0.15, 0.2) is 0 Å². The van der Waals surface area contributed by atoms with E-state index in [1.807, 2.05) is 6.92 Å². The summed E-state index contributed by atoms with van der Waals surface area (Å²) in [6, 6.07) is 0. The molecule has 0 aliphatic heterocycles. The van der Waals surface area contributed by atoms with Gasteiger partial charge in [0, 0.05) is 19.3 Å². The van der Waals surface area contributed by atoms with E-state index in [2.05, 4.69) is 0 Å². The third kappa shape index (κ3) is 7.97. The van der Waals surface area contributed by atoms with Gasteiger partial charge in [-0.3, -0.25) is 9.59 Å². The van der Waals surface area contributed by atoms with Gasteiger partial charge in [0.2, 0.25) is 0 Å². The summed E-state index contributed by atoms with van der Waals surface area (Å²) in [7, 11) is 0. The SMILES string of the molecule is CCCC(=O)OC(C)CCOC(=O)CC. The highest BCUT2D eigenvalue weighted by molar-refractivity contribution is 5.69. The van der Waals surface area contributed by atoms with Gasteiger partial charge in [0.1, 0.15) is 6.10 Å². The van der Waals surface area contributed by atoms with Crippen LogP contribution in [-0.4, -0.2) is 24.6 Å². The minimum atomic E-state index is -0.220. The van der Waals surface area contributed by atoms with Crippen LogP contribution in [0.4, 0.5) is 0 Å². The Morgan fingerprint density at radius 3 is 2.40 bits per heavy atom. The van der Waals surface area contributed by atoms with E-state index < -0.39 is 0 Å². The zero-order valence-electron chi connectivity index (χ0n) is 9.75. The van der Waals surface area contributed by atoms with Gasteiger partial charge in [0.25, 0.3) is 0 Å². The molecule has 4 nitrogen and oxygen atoms in total. The molecule has 0 aromatic heterocycles. The van der Waals surface area contributed by atoms with Crippen LogP contribution in [0.2, 0.25) is 0 Å². The average Bonchev–Trinajstić information content (AvgIpc) is 2.17. The molecule has 0 aliphatic rings. The minimum Gasteiger partial charge on any atom is -0.466 e. The Labute approximate surface area is 90.9 Å². The third-order valence-corrected chi connectivity index (χ3v) is 1.86. The molecule has 88 valence electrons. The minimum absolute atomic E-state index is 0.186. The van der Waals surface area contributed by atoms with Gasteiger partial charge in [-0.2, -0.15) is 0 Å². The fourth-order valence-corrected chi connectivity index (χ4v) is 0.987. The summed E-state index contributed by atoms with van der Waals surface area (Å²) in [6.45, 7) is 5.78. The smallest absolute Gasteiger partial charge is 0.306 e. The lowest BCUT2D eigenvalue weighted by Crippen LogP contribution is -2.17. The van der Waals surface area contributed by atoms with Crippen LogP contribution in [0, 0.1) is 0 Å². The highest BCUT2D eigenvalue weighted by atomic mass is 16.6. The predicted octanol–water partition coefficient (Wildman–Crippen LogP) is 2.06. The van der Waals surface area contributed by atoms with E-state index >= 15 is 0 Å². The summed E-state index contributed by atoms with van der Waals surface area (Å²) >= 11 is 0. The predicted molar refractivity (Wildman–Crippen MR) is 56.3 cm³/mol. The van der Waals surface area contributed by atoms with Crippen LogP contribution < -0.4 is 0 Å². The topological polar surface area (TPSA) is 52.6 Å². The third-order valence-electron chi connectivity index (χ3n) is 1.86. The second-order valence-corrected chi connectivity index (χ2v) is 3.41. The van der Waals surface area contributed by atoms with Crippen LogP contribution in [0.15, 0.2) is 0 Å². The molecule has 0 saturated carbocycles. The number of hydrogen-bond donors (Lipinski definition) is 0. The van der Waals surface area contributed by atoms with Gasteiger partial charge in [-0.1, -0.05) is 13.8 Å². The van der Waals surface area contributed by atoms with Crippen molar-refractivity contribution >= 4 is 11.9 Å². The molecule has 0 heterocycles. The van der Waals surface area contributed by atoms with Crippen molar-refractivity contribution in [2.24, 2.45) is 0 Å². The molecule has 1 atom stereocenters. The van der Waals surface area contributed by atoms with E-state index in [1.165, 1.54) is 0 Å². The lowest BCUT2D eigenvalue weighted by Gasteiger charge is -2.12. The van der Waals surface area contributed by atoms with Gasteiger partial charge < -0.3 is 9.47 Å². The Morgan fingerprint density at radius 1 is 1.20 bits per heavy atom. The number of esters is 2. The quantitative estimate of drug-likeness (QED) is 0.611. The Bertz CT molecular complexity index is 201. The molecule has 1 unspecified atom stereocenters. The zero-order valence-corrected chi connectivity index (χ0v) is 9.75. The van der Waals surface area contributed by atoms with Gasteiger partial charge in [-0.05, 0) is 13.3 Å². The monoisotopic (exact) mass is 216 g/mol. The van der Waals surface area contributed by atoms with E-state index in [0.717, 1.165) is 6.42 Å². The average molecular weight is 216 g/mol. The molecular weight excluding hydrogens is 196 g/mol. The first-order valence-electron chi connectivity index (χ1n) is 5.45. The second kappa shape index (κ2) is 8.26. The summed E-state index contributed by atoms with van der Waals surface area (Å²) in [5, 5.41) is 0. The molecule has 0 aliphatic carbocycles. The molecular formula is C11H20O4. The van der Waals surface area contributed by atoms with Gasteiger partial charge >= 0.3 is 11.9 Å². The maximum absolute atomic E-state index is 11.1. The molecule has 0 aromatic carbocycles. The molecule has 0 N–H and O–H groups in total. The molecule has 0 aromatic rings. The van der Waals surface area contributed by atoms with E-state index in [-0.39, 0.29) is 18.0 Å². The molecule has 0 amide bonds. The van der Waals surface area contributed by atoms with Gasteiger partial charge in [-0.25, -0.2) is 0 Å². The number of rotatable bonds is 7.